The average Bonchev–Trinajstić information content (AvgIpc) is 3.03. The molecule has 0 aliphatic carbocycles. The quantitative estimate of drug-likeness (QED) is 0.331. The van der Waals surface area contributed by atoms with Crippen LogP contribution in [0.15, 0.2) is 17.0 Å². The Morgan fingerprint density at radius 2 is 1.83 bits per heavy atom. The van der Waals surface area contributed by atoms with Gasteiger partial charge in [-0.3, -0.25) is 4.68 Å². The molecule has 1 aromatic heterocycles. The summed E-state index contributed by atoms with van der Waals surface area (Å²) in [7, 11) is -3.22. The molecule has 194 valence electrons. The standard InChI is InChI=1S/C23H30Cl2F2N4O3S/c1-14-21(15(2)29(3)28-14)31(23(26)27)35(32,33)22-18(24)11-16(12-19(22)25)5-4-10-34-20-13-30-8-6-17(20)7-9-30/h11-12,17,20,23H,4-10,13H2,1-3H3. The van der Waals surface area contributed by atoms with E-state index in [0.717, 1.165) is 19.6 Å². The summed E-state index contributed by atoms with van der Waals surface area (Å²) in [6.45, 7) is 3.49. The molecule has 0 radical (unpaired) electrons. The van der Waals surface area contributed by atoms with E-state index in [9.17, 15) is 17.2 Å². The molecule has 3 aliphatic heterocycles. The van der Waals surface area contributed by atoms with Crippen molar-refractivity contribution in [2.45, 2.75) is 57.1 Å². The molecule has 5 rings (SSSR count). The summed E-state index contributed by atoms with van der Waals surface area (Å²) < 4.78 is 62.4. The first-order valence-electron chi connectivity index (χ1n) is 11.7. The van der Waals surface area contributed by atoms with Gasteiger partial charge in [0.05, 0.1) is 27.5 Å². The molecule has 0 spiro atoms. The lowest BCUT2D eigenvalue weighted by Gasteiger charge is -2.44. The van der Waals surface area contributed by atoms with Gasteiger partial charge in [0.1, 0.15) is 10.6 Å². The first-order valence-corrected chi connectivity index (χ1v) is 13.8. The Bertz CT molecular complexity index is 1160. The SMILES string of the molecule is Cc1nn(C)c(C)c1N(C(F)F)S(=O)(=O)c1c(Cl)cc(CCCOC2CN3CCC2CC3)cc1Cl. The Morgan fingerprint density at radius 1 is 1.20 bits per heavy atom. The van der Waals surface area contributed by atoms with Crippen molar-refractivity contribution >= 4 is 38.9 Å². The Morgan fingerprint density at radius 3 is 2.31 bits per heavy atom. The molecule has 3 fully saturated rings. The maximum Gasteiger partial charge on any atom is 0.328 e. The lowest BCUT2D eigenvalue weighted by atomic mass is 9.86. The summed E-state index contributed by atoms with van der Waals surface area (Å²) >= 11 is 12.6. The van der Waals surface area contributed by atoms with Crippen molar-refractivity contribution in [2.24, 2.45) is 13.0 Å². The number of hydrogen-bond donors (Lipinski definition) is 0. The second kappa shape index (κ2) is 10.5. The molecular weight excluding hydrogens is 521 g/mol. The van der Waals surface area contributed by atoms with Crippen LogP contribution in [0.3, 0.4) is 0 Å². The van der Waals surface area contributed by atoms with Gasteiger partial charge in [-0.15, -0.1) is 0 Å². The Balaban J connectivity index is 1.49. The van der Waals surface area contributed by atoms with Gasteiger partial charge in [-0.2, -0.15) is 13.9 Å². The molecule has 4 heterocycles. The molecule has 0 amide bonds. The van der Waals surface area contributed by atoms with E-state index in [1.807, 2.05) is 0 Å². The summed E-state index contributed by atoms with van der Waals surface area (Å²) in [5.74, 6) is 0.623. The first-order chi connectivity index (χ1) is 16.5. The number of aryl methyl sites for hydroxylation is 3. The van der Waals surface area contributed by atoms with Gasteiger partial charge in [0, 0.05) is 20.2 Å². The number of sulfonamides is 1. The van der Waals surface area contributed by atoms with Crippen LogP contribution in [0.4, 0.5) is 14.5 Å². The number of aromatic nitrogens is 2. The molecule has 3 aliphatic rings. The van der Waals surface area contributed by atoms with Crippen molar-refractivity contribution in [3.8, 4) is 0 Å². The van der Waals surface area contributed by atoms with Crippen molar-refractivity contribution in [1.82, 2.24) is 14.7 Å². The van der Waals surface area contributed by atoms with Crippen LogP contribution >= 0.6 is 23.2 Å². The lowest BCUT2D eigenvalue weighted by molar-refractivity contribution is -0.0697. The predicted octanol–water partition coefficient (Wildman–Crippen LogP) is 4.81. The maximum atomic E-state index is 14.1. The van der Waals surface area contributed by atoms with Crippen LogP contribution in [0.25, 0.3) is 0 Å². The monoisotopic (exact) mass is 550 g/mol. The molecular formula is C23H30Cl2F2N4O3S. The fourth-order valence-electron chi connectivity index (χ4n) is 5.12. The van der Waals surface area contributed by atoms with E-state index < -0.39 is 21.5 Å². The molecule has 2 aromatic rings. The Hall–Kier alpha value is -1.46. The number of ether oxygens (including phenoxy) is 1. The van der Waals surface area contributed by atoms with Crippen LogP contribution in [0.1, 0.15) is 36.2 Å². The molecule has 1 unspecified atom stereocenters. The highest BCUT2D eigenvalue weighted by atomic mass is 35.5. The second-order valence-electron chi connectivity index (χ2n) is 9.26. The average molecular weight is 551 g/mol. The third-order valence-corrected chi connectivity index (χ3v) is 9.62. The minimum atomic E-state index is -4.77. The topological polar surface area (TPSA) is 67.7 Å². The number of anilines is 1. The molecule has 35 heavy (non-hydrogen) atoms. The van der Waals surface area contributed by atoms with E-state index in [-0.39, 0.29) is 37.5 Å². The lowest BCUT2D eigenvalue weighted by Crippen LogP contribution is -2.51. The number of halogens is 4. The third kappa shape index (κ3) is 5.32. The molecule has 7 nitrogen and oxygen atoms in total. The zero-order chi connectivity index (χ0) is 25.5. The number of fused-ring (bicyclic) bond motifs is 3. The largest absolute Gasteiger partial charge is 0.377 e. The summed E-state index contributed by atoms with van der Waals surface area (Å²) in [6, 6.07) is 2.95. The smallest absolute Gasteiger partial charge is 0.328 e. The van der Waals surface area contributed by atoms with E-state index in [4.69, 9.17) is 27.9 Å². The molecule has 0 N–H and O–H groups in total. The number of benzene rings is 1. The summed E-state index contributed by atoms with van der Waals surface area (Å²) in [5.41, 5.74) is 0.955. The van der Waals surface area contributed by atoms with Crippen molar-refractivity contribution in [2.75, 3.05) is 30.5 Å². The number of hydrogen-bond acceptors (Lipinski definition) is 5. The van der Waals surface area contributed by atoms with Gasteiger partial charge in [-0.05, 0) is 76.2 Å². The van der Waals surface area contributed by atoms with Gasteiger partial charge in [-0.1, -0.05) is 23.2 Å². The molecule has 12 heteroatoms. The van der Waals surface area contributed by atoms with E-state index in [0.29, 0.717) is 30.9 Å². The normalized spacial score (nSPS) is 22.2. The van der Waals surface area contributed by atoms with Crippen LogP contribution in [-0.2, 0) is 28.2 Å². The van der Waals surface area contributed by atoms with Crippen LogP contribution in [0.5, 0.6) is 0 Å². The van der Waals surface area contributed by atoms with E-state index in [1.165, 1.54) is 43.5 Å². The minimum Gasteiger partial charge on any atom is -0.377 e. The van der Waals surface area contributed by atoms with Crippen LogP contribution < -0.4 is 4.31 Å². The van der Waals surface area contributed by atoms with Crippen molar-refractivity contribution in [1.29, 1.82) is 0 Å². The molecule has 0 saturated carbocycles. The van der Waals surface area contributed by atoms with Crippen LogP contribution in [0, 0.1) is 19.8 Å². The van der Waals surface area contributed by atoms with Crippen LogP contribution in [-0.4, -0.2) is 62.0 Å². The fraction of sp³-hybridized carbons (Fsp3) is 0.609. The summed E-state index contributed by atoms with van der Waals surface area (Å²) in [5, 5.41) is 3.67. The number of rotatable bonds is 9. The molecule has 1 aromatic carbocycles. The molecule has 1 atom stereocenters. The Labute approximate surface area is 215 Å². The Kier molecular flexibility index (Phi) is 7.97. The van der Waals surface area contributed by atoms with Gasteiger partial charge in [0.2, 0.25) is 0 Å². The van der Waals surface area contributed by atoms with Gasteiger partial charge in [-0.25, -0.2) is 12.7 Å². The zero-order valence-corrected chi connectivity index (χ0v) is 22.3. The van der Waals surface area contributed by atoms with E-state index >= 15 is 0 Å². The predicted molar refractivity (Wildman–Crippen MR) is 132 cm³/mol. The zero-order valence-electron chi connectivity index (χ0n) is 20.0. The second-order valence-corrected chi connectivity index (χ2v) is 11.8. The summed E-state index contributed by atoms with van der Waals surface area (Å²) in [4.78, 5) is 1.89. The van der Waals surface area contributed by atoms with Gasteiger partial charge >= 0.3 is 6.55 Å². The van der Waals surface area contributed by atoms with Gasteiger partial charge < -0.3 is 9.64 Å². The third-order valence-electron chi connectivity index (χ3n) is 6.98. The van der Waals surface area contributed by atoms with Gasteiger partial charge in [0.15, 0.2) is 0 Å². The minimum absolute atomic E-state index is 0.0409. The number of nitrogens with zero attached hydrogens (tertiary/aromatic N) is 4. The fourth-order valence-corrected chi connectivity index (χ4v) is 7.76. The van der Waals surface area contributed by atoms with Crippen molar-refractivity contribution in [3.05, 3.63) is 39.1 Å². The molecule has 2 bridgehead atoms. The number of piperidine rings is 3. The van der Waals surface area contributed by atoms with Gasteiger partial charge in [0.25, 0.3) is 10.0 Å². The highest BCUT2D eigenvalue weighted by Gasteiger charge is 2.38. The van der Waals surface area contributed by atoms with E-state index in [1.54, 1.807) is 7.05 Å². The highest BCUT2D eigenvalue weighted by molar-refractivity contribution is 7.93. The summed E-state index contributed by atoms with van der Waals surface area (Å²) in [6.07, 6.45) is 3.90. The maximum absolute atomic E-state index is 14.1. The van der Waals surface area contributed by atoms with Crippen LogP contribution in [0.2, 0.25) is 10.0 Å². The number of alkyl halides is 2. The van der Waals surface area contributed by atoms with E-state index in [2.05, 4.69) is 10.00 Å². The highest BCUT2D eigenvalue weighted by Crippen LogP contribution is 2.39. The van der Waals surface area contributed by atoms with Crippen molar-refractivity contribution < 1.29 is 21.9 Å². The first kappa shape index (κ1) is 26.6. The van der Waals surface area contributed by atoms with Crippen molar-refractivity contribution in [3.63, 3.8) is 0 Å². The molecule has 3 saturated heterocycles.